The first-order valence-corrected chi connectivity index (χ1v) is 10.0. The van der Waals surface area contributed by atoms with Gasteiger partial charge in [-0.3, -0.25) is 19.8 Å². The summed E-state index contributed by atoms with van der Waals surface area (Å²) in [6.45, 7) is 3.57. The van der Waals surface area contributed by atoms with Crippen molar-refractivity contribution in [2.45, 2.75) is 13.8 Å². The molecule has 0 radical (unpaired) electrons. The highest BCUT2D eigenvalue weighted by Crippen LogP contribution is 2.32. The Morgan fingerprint density at radius 1 is 1.30 bits per heavy atom. The lowest BCUT2D eigenvalue weighted by atomic mass is 10.1. The molecule has 9 heteroatoms. The van der Waals surface area contributed by atoms with E-state index in [2.05, 4.69) is 15.5 Å². The highest BCUT2D eigenvalue weighted by atomic mass is 32.2. The predicted molar refractivity (Wildman–Crippen MR) is 113 cm³/mol. The maximum Gasteiger partial charge on any atom is 0.266 e. The minimum atomic E-state index is -0.361. The van der Waals surface area contributed by atoms with Gasteiger partial charge >= 0.3 is 0 Å². The zero-order valence-electron chi connectivity index (χ0n) is 14.6. The molecule has 1 fully saturated rings. The zero-order chi connectivity index (χ0) is 19.4. The average Bonchev–Trinajstić information content (AvgIpc) is 3.14. The predicted octanol–water partition coefficient (Wildman–Crippen LogP) is 3.63. The Balaban J connectivity index is 1.67. The van der Waals surface area contributed by atoms with Crippen LogP contribution in [0.5, 0.6) is 0 Å². The Kier molecular flexibility index (Phi) is 6.15. The Morgan fingerprint density at radius 3 is 2.70 bits per heavy atom. The number of thioether (sulfide) groups is 1. The number of nitrogens with zero attached hydrogens (tertiary/aromatic N) is 3. The fourth-order valence-corrected chi connectivity index (χ4v) is 4.26. The number of carbonyl (C=O) groups is 2. The second kappa shape index (κ2) is 8.55. The van der Waals surface area contributed by atoms with Gasteiger partial charge in [-0.15, -0.1) is 10.2 Å². The van der Waals surface area contributed by atoms with Crippen LogP contribution in [0.1, 0.15) is 17.5 Å². The van der Waals surface area contributed by atoms with E-state index in [0.717, 1.165) is 16.1 Å². The van der Waals surface area contributed by atoms with Crippen LogP contribution in [0.2, 0.25) is 0 Å². The van der Waals surface area contributed by atoms with E-state index in [9.17, 15) is 9.59 Å². The molecular weight excluding hydrogens is 400 g/mol. The van der Waals surface area contributed by atoms with Crippen molar-refractivity contribution in [3.63, 3.8) is 0 Å². The van der Waals surface area contributed by atoms with Gasteiger partial charge in [0.2, 0.25) is 11.0 Å². The Hall–Kier alpha value is -2.36. The van der Waals surface area contributed by atoms with Crippen LogP contribution in [0.3, 0.4) is 0 Å². The smallest absolute Gasteiger partial charge is 0.266 e. The first-order chi connectivity index (χ1) is 12.9. The Morgan fingerprint density at radius 2 is 2.04 bits per heavy atom. The number of nitrogens with one attached hydrogen (secondary N) is 1. The topological polar surface area (TPSA) is 75.2 Å². The number of hydrogen-bond acceptors (Lipinski definition) is 7. The molecule has 1 aliphatic heterocycles. The molecule has 0 spiro atoms. The molecular formula is C18H16N4O2S3. The number of anilines is 1. The number of amides is 2. The van der Waals surface area contributed by atoms with Crippen LogP contribution >= 0.6 is 35.3 Å². The van der Waals surface area contributed by atoms with Crippen molar-refractivity contribution >= 4 is 62.7 Å². The average molecular weight is 417 g/mol. The lowest BCUT2D eigenvalue weighted by Crippen LogP contribution is -2.36. The van der Waals surface area contributed by atoms with Crippen LogP contribution in [0.15, 0.2) is 46.9 Å². The van der Waals surface area contributed by atoms with E-state index in [1.165, 1.54) is 28.0 Å². The van der Waals surface area contributed by atoms with E-state index in [4.69, 9.17) is 12.2 Å². The largest absolute Gasteiger partial charge is 0.299 e. The molecule has 0 saturated carbocycles. The van der Waals surface area contributed by atoms with Gasteiger partial charge < -0.3 is 0 Å². The van der Waals surface area contributed by atoms with Crippen molar-refractivity contribution in [3.05, 3.63) is 57.5 Å². The first kappa shape index (κ1) is 19.4. The van der Waals surface area contributed by atoms with Crippen LogP contribution in [-0.2, 0) is 9.59 Å². The van der Waals surface area contributed by atoms with E-state index in [1.807, 2.05) is 43.3 Å². The monoisotopic (exact) mass is 416 g/mol. The van der Waals surface area contributed by atoms with Crippen molar-refractivity contribution in [3.8, 4) is 0 Å². The summed E-state index contributed by atoms with van der Waals surface area (Å²) < 4.78 is 0.363. The van der Waals surface area contributed by atoms with Crippen molar-refractivity contribution in [1.29, 1.82) is 0 Å². The van der Waals surface area contributed by atoms with Crippen molar-refractivity contribution in [2.75, 3.05) is 11.9 Å². The minimum absolute atomic E-state index is 0.151. The lowest BCUT2D eigenvalue weighted by molar-refractivity contribution is -0.126. The van der Waals surface area contributed by atoms with Crippen LogP contribution in [0.4, 0.5) is 5.13 Å². The molecule has 2 amide bonds. The number of aryl methyl sites for hydroxylation is 1. The third-order valence-electron chi connectivity index (χ3n) is 3.50. The van der Waals surface area contributed by atoms with Crippen LogP contribution in [0, 0.1) is 6.92 Å². The number of aromatic nitrogens is 2. The molecule has 1 aromatic heterocycles. The number of carbonyl (C=O) groups excluding carboxylic acids is 2. The Labute approximate surface area is 170 Å². The molecule has 1 aliphatic rings. The molecule has 138 valence electrons. The number of allylic oxidation sites excluding steroid dienone is 2. The summed E-state index contributed by atoms with van der Waals surface area (Å²) >= 11 is 7.73. The summed E-state index contributed by atoms with van der Waals surface area (Å²) in [6.07, 6.45) is 3.77. The van der Waals surface area contributed by atoms with Gasteiger partial charge in [0.25, 0.3) is 5.91 Å². The van der Waals surface area contributed by atoms with Crippen LogP contribution in [0.25, 0.3) is 6.08 Å². The van der Waals surface area contributed by atoms with Crippen molar-refractivity contribution < 1.29 is 9.59 Å². The highest BCUT2D eigenvalue weighted by molar-refractivity contribution is 8.26. The van der Waals surface area contributed by atoms with E-state index >= 15 is 0 Å². The molecule has 3 rings (SSSR count). The number of benzene rings is 1. The van der Waals surface area contributed by atoms with Gasteiger partial charge in [0.1, 0.15) is 15.9 Å². The number of rotatable bonds is 5. The molecule has 0 bridgehead atoms. The molecule has 0 aliphatic carbocycles. The third kappa shape index (κ3) is 5.09. The van der Waals surface area contributed by atoms with Crippen LogP contribution < -0.4 is 5.32 Å². The molecule has 2 heterocycles. The molecule has 1 saturated heterocycles. The zero-order valence-corrected chi connectivity index (χ0v) is 17.1. The summed E-state index contributed by atoms with van der Waals surface area (Å²) in [6, 6.07) is 9.84. The van der Waals surface area contributed by atoms with Crippen LogP contribution in [-0.4, -0.2) is 37.8 Å². The Bertz CT molecular complexity index is 951. The van der Waals surface area contributed by atoms with E-state index in [1.54, 1.807) is 13.0 Å². The molecule has 0 atom stereocenters. The fourth-order valence-electron chi connectivity index (χ4n) is 2.35. The normalized spacial score (nSPS) is 16.3. The van der Waals surface area contributed by atoms with E-state index in [0.29, 0.717) is 14.4 Å². The van der Waals surface area contributed by atoms with E-state index in [-0.39, 0.29) is 18.4 Å². The maximum atomic E-state index is 12.6. The van der Waals surface area contributed by atoms with Gasteiger partial charge in [-0.05, 0) is 31.1 Å². The standard InChI is InChI=1S/C18H16N4O2S3/c1-11(8-13-6-4-3-5-7-13)9-14-16(24)22(18(25)27-14)10-15(23)19-17-21-20-12(2)26-17/h3-9H,10H2,1-2H3,(H,19,21,23). The van der Waals surface area contributed by atoms with Crippen molar-refractivity contribution in [1.82, 2.24) is 15.1 Å². The highest BCUT2D eigenvalue weighted by Gasteiger charge is 2.33. The van der Waals surface area contributed by atoms with Gasteiger partial charge in [-0.25, -0.2) is 0 Å². The second-order valence-electron chi connectivity index (χ2n) is 5.74. The summed E-state index contributed by atoms with van der Waals surface area (Å²) in [5.74, 6) is -0.630. The second-order valence-corrected chi connectivity index (χ2v) is 8.60. The number of thiocarbonyl (C=S) groups is 1. The van der Waals surface area contributed by atoms with Gasteiger partial charge in [0.15, 0.2) is 0 Å². The molecule has 2 aromatic rings. The fraction of sp³-hybridized carbons (Fsp3) is 0.167. The lowest BCUT2D eigenvalue weighted by Gasteiger charge is -2.13. The third-order valence-corrected chi connectivity index (χ3v) is 5.63. The molecule has 0 unspecified atom stereocenters. The number of hydrogen-bond donors (Lipinski definition) is 1. The quantitative estimate of drug-likeness (QED) is 0.593. The first-order valence-electron chi connectivity index (χ1n) is 8.01. The van der Waals surface area contributed by atoms with Gasteiger partial charge in [-0.1, -0.05) is 71.7 Å². The van der Waals surface area contributed by atoms with E-state index < -0.39 is 0 Å². The molecule has 1 aromatic carbocycles. The maximum absolute atomic E-state index is 12.6. The van der Waals surface area contributed by atoms with Gasteiger partial charge in [0, 0.05) is 0 Å². The summed E-state index contributed by atoms with van der Waals surface area (Å²) in [7, 11) is 0. The SMILES string of the molecule is CC(=Cc1ccccc1)C=C1SC(=S)N(CC(=O)Nc2nnc(C)s2)C1=O. The minimum Gasteiger partial charge on any atom is -0.299 e. The molecule has 1 N–H and O–H groups in total. The molecule has 27 heavy (non-hydrogen) atoms. The molecule has 6 nitrogen and oxygen atoms in total. The summed E-state index contributed by atoms with van der Waals surface area (Å²) in [5, 5.41) is 11.5. The summed E-state index contributed by atoms with van der Waals surface area (Å²) in [4.78, 5) is 26.6. The van der Waals surface area contributed by atoms with Gasteiger partial charge in [0.05, 0.1) is 4.91 Å². The van der Waals surface area contributed by atoms with Gasteiger partial charge in [-0.2, -0.15) is 0 Å². The summed E-state index contributed by atoms with van der Waals surface area (Å²) in [5.41, 5.74) is 1.98. The van der Waals surface area contributed by atoms with Crippen molar-refractivity contribution in [2.24, 2.45) is 0 Å².